The molecule has 0 atom stereocenters. The Labute approximate surface area is 183 Å². The lowest BCUT2D eigenvalue weighted by molar-refractivity contribution is 0.896. The molecule has 0 saturated heterocycles. The van der Waals surface area contributed by atoms with Crippen LogP contribution in [0.4, 0.5) is 0 Å². The van der Waals surface area contributed by atoms with Gasteiger partial charge in [0.15, 0.2) is 0 Å². The number of thioether (sulfide) groups is 1. The second-order valence-corrected chi connectivity index (χ2v) is 11.0. The average Bonchev–Trinajstić information content (AvgIpc) is 3.16. The van der Waals surface area contributed by atoms with Crippen LogP contribution in [0.2, 0.25) is 10.3 Å². The second-order valence-electron chi connectivity index (χ2n) is 5.37. The summed E-state index contributed by atoms with van der Waals surface area (Å²) < 4.78 is 2.43. The highest BCUT2D eigenvalue weighted by Gasteiger charge is 2.03. The predicted octanol–water partition coefficient (Wildman–Crippen LogP) is 8.55. The smallest absolute Gasteiger partial charge is 0.130 e. The fraction of sp³-hybridized carbons (Fsp3) is 0.222. The van der Waals surface area contributed by atoms with Crippen LogP contribution in [0.15, 0.2) is 44.4 Å². The van der Waals surface area contributed by atoms with Gasteiger partial charge in [0.2, 0.25) is 0 Å². The van der Waals surface area contributed by atoms with Gasteiger partial charge in [0.05, 0.1) is 8.00 Å². The first-order valence-electron chi connectivity index (χ1n) is 7.95. The number of unbranched alkanes of at least 4 members (excludes halogenated alkanes) is 1. The molecule has 2 nitrogen and oxygen atoms in total. The molecule has 0 bridgehead atoms. The number of hydrogen-bond donors (Lipinski definition) is 0. The molecule has 0 aliphatic carbocycles. The molecular formula is C18H15BrCl2N2S3. The van der Waals surface area contributed by atoms with Crippen molar-refractivity contribution in [3.05, 3.63) is 50.5 Å². The van der Waals surface area contributed by atoms with Crippen LogP contribution in [0, 0.1) is 0 Å². The van der Waals surface area contributed by atoms with E-state index in [1.54, 1.807) is 28.7 Å². The molecule has 26 heavy (non-hydrogen) atoms. The Morgan fingerprint density at radius 1 is 0.962 bits per heavy atom. The minimum atomic E-state index is 0.548. The Kier molecular flexibility index (Phi) is 7.61. The number of hydrogen-bond acceptors (Lipinski definition) is 5. The summed E-state index contributed by atoms with van der Waals surface area (Å²) in [5.41, 5.74) is 0. The van der Waals surface area contributed by atoms with Crippen molar-refractivity contribution in [2.24, 2.45) is 0 Å². The zero-order valence-corrected chi connectivity index (χ0v) is 19.4. The van der Waals surface area contributed by atoms with E-state index < -0.39 is 0 Å². The molecule has 8 heteroatoms. The van der Waals surface area contributed by atoms with Gasteiger partial charge in [0, 0.05) is 10.8 Å². The van der Waals surface area contributed by atoms with Gasteiger partial charge < -0.3 is 0 Å². The lowest BCUT2D eigenvalue weighted by atomic mass is 10.4. The lowest BCUT2D eigenvalue weighted by Gasteiger charge is -1.93. The van der Waals surface area contributed by atoms with Crippen molar-refractivity contribution in [2.75, 3.05) is 5.75 Å². The van der Waals surface area contributed by atoms with Gasteiger partial charge in [-0.3, -0.25) is 0 Å². The molecule has 0 N–H and O–H groups in total. The number of fused-ring (bicyclic) bond motifs is 2. The van der Waals surface area contributed by atoms with Crippen molar-refractivity contribution in [1.82, 2.24) is 9.97 Å². The molecule has 0 aromatic carbocycles. The van der Waals surface area contributed by atoms with Crippen molar-refractivity contribution in [3.63, 3.8) is 0 Å². The molecule has 0 unspecified atom stereocenters. The number of pyridine rings is 2. The Balaban J connectivity index is 0.000000158. The van der Waals surface area contributed by atoms with Crippen LogP contribution in [0.25, 0.3) is 20.4 Å². The maximum atomic E-state index is 5.84. The van der Waals surface area contributed by atoms with Crippen LogP contribution < -0.4 is 0 Å². The second kappa shape index (κ2) is 9.71. The quantitative estimate of drug-likeness (QED) is 0.158. The van der Waals surface area contributed by atoms with Crippen LogP contribution >= 0.6 is 73.6 Å². The molecular weight excluding hydrogens is 491 g/mol. The van der Waals surface area contributed by atoms with Gasteiger partial charge in [-0.2, -0.15) is 0 Å². The van der Waals surface area contributed by atoms with E-state index in [1.165, 1.54) is 28.2 Å². The molecule has 0 fully saturated rings. The van der Waals surface area contributed by atoms with E-state index in [-0.39, 0.29) is 0 Å². The first kappa shape index (κ1) is 20.4. The van der Waals surface area contributed by atoms with Gasteiger partial charge in [-0.25, -0.2) is 9.97 Å². The topological polar surface area (TPSA) is 25.8 Å². The van der Waals surface area contributed by atoms with Crippen molar-refractivity contribution >= 4 is 94.0 Å². The molecule has 4 rings (SSSR count). The zero-order chi connectivity index (χ0) is 18.5. The fourth-order valence-corrected chi connectivity index (χ4v) is 6.32. The van der Waals surface area contributed by atoms with Crippen molar-refractivity contribution in [1.29, 1.82) is 0 Å². The first-order chi connectivity index (χ1) is 12.5. The van der Waals surface area contributed by atoms with Gasteiger partial charge in [-0.1, -0.05) is 36.5 Å². The summed E-state index contributed by atoms with van der Waals surface area (Å²) in [5, 5.41) is 3.45. The normalized spacial score (nSPS) is 10.9. The van der Waals surface area contributed by atoms with E-state index in [1.807, 2.05) is 36.0 Å². The zero-order valence-electron chi connectivity index (χ0n) is 13.8. The van der Waals surface area contributed by atoms with E-state index in [2.05, 4.69) is 38.9 Å². The standard InChI is InChI=1S/C11H12ClNS2.C7H3BrClNS/c1-2-3-6-14-10-7-8-4-5-9(12)13-11(8)15-10;8-5-3-4-1-2-6(9)10-7(4)11-5/h4-5,7H,2-3,6H2,1H3;1-3H. The molecule has 0 radical (unpaired) electrons. The van der Waals surface area contributed by atoms with Gasteiger partial charge in [-0.15, -0.1) is 34.4 Å². The summed E-state index contributed by atoms with van der Waals surface area (Å²) >= 11 is 20.2. The molecule has 4 aromatic rings. The number of halogens is 3. The molecule has 0 saturated carbocycles. The van der Waals surface area contributed by atoms with Gasteiger partial charge in [-0.05, 0) is 64.5 Å². The summed E-state index contributed by atoms with van der Waals surface area (Å²) in [4.78, 5) is 10.5. The van der Waals surface area contributed by atoms with Crippen molar-refractivity contribution in [2.45, 2.75) is 24.0 Å². The molecule has 0 aliphatic rings. The van der Waals surface area contributed by atoms with Crippen molar-refractivity contribution in [3.8, 4) is 0 Å². The molecule has 4 aromatic heterocycles. The maximum absolute atomic E-state index is 5.84. The third-order valence-corrected chi connectivity index (χ3v) is 7.69. The highest BCUT2D eigenvalue weighted by atomic mass is 79.9. The predicted molar refractivity (Wildman–Crippen MR) is 123 cm³/mol. The van der Waals surface area contributed by atoms with Crippen LogP contribution in [-0.4, -0.2) is 15.7 Å². The number of aromatic nitrogens is 2. The summed E-state index contributed by atoms with van der Waals surface area (Å²) in [7, 11) is 0. The highest BCUT2D eigenvalue weighted by molar-refractivity contribution is 9.11. The van der Waals surface area contributed by atoms with Crippen LogP contribution in [0.3, 0.4) is 0 Å². The average molecular weight is 506 g/mol. The molecule has 0 aliphatic heterocycles. The first-order valence-corrected chi connectivity index (χ1v) is 12.1. The van der Waals surface area contributed by atoms with E-state index in [0.717, 1.165) is 18.8 Å². The van der Waals surface area contributed by atoms with Crippen LogP contribution in [0.1, 0.15) is 19.8 Å². The molecule has 0 amide bonds. The molecule has 4 heterocycles. The SMILES string of the molecule is CCCCSc1cc2ccc(Cl)nc2s1.Clc1ccc2cc(Br)sc2n1. The summed E-state index contributed by atoms with van der Waals surface area (Å²) in [6.45, 7) is 2.22. The molecule has 0 spiro atoms. The fourth-order valence-electron chi connectivity index (χ4n) is 2.12. The summed E-state index contributed by atoms with van der Waals surface area (Å²) in [6.07, 6.45) is 2.52. The summed E-state index contributed by atoms with van der Waals surface area (Å²) in [5.74, 6) is 1.19. The minimum Gasteiger partial charge on any atom is -0.225 e. The number of nitrogens with zero attached hydrogens (tertiary/aromatic N) is 2. The Hall–Kier alpha value is -0.370. The minimum absolute atomic E-state index is 0.548. The van der Waals surface area contributed by atoms with Crippen LogP contribution in [0.5, 0.6) is 0 Å². The lowest BCUT2D eigenvalue weighted by Crippen LogP contribution is -1.73. The van der Waals surface area contributed by atoms with Gasteiger partial charge in [0.25, 0.3) is 0 Å². The number of rotatable bonds is 4. The largest absolute Gasteiger partial charge is 0.225 e. The Morgan fingerprint density at radius 3 is 2.23 bits per heavy atom. The van der Waals surface area contributed by atoms with E-state index in [0.29, 0.717) is 10.3 Å². The third kappa shape index (κ3) is 5.57. The van der Waals surface area contributed by atoms with E-state index in [9.17, 15) is 0 Å². The van der Waals surface area contributed by atoms with E-state index in [4.69, 9.17) is 23.2 Å². The number of thiophene rings is 2. The monoisotopic (exact) mass is 504 g/mol. The maximum Gasteiger partial charge on any atom is 0.130 e. The highest BCUT2D eigenvalue weighted by Crippen LogP contribution is 2.33. The van der Waals surface area contributed by atoms with Crippen molar-refractivity contribution < 1.29 is 0 Å². The molecule has 136 valence electrons. The third-order valence-electron chi connectivity index (χ3n) is 3.39. The van der Waals surface area contributed by atoms with Crippen LogP contribution in [-0.2, 0) is 0 Å². The summed E-state index contributed by atoms with van der Waals surface area (Å²) in [6, 6.07) is 11.9. The van der Waals surface area contributed by atoms with Gasteiger partial charge in [0.1, 0.15) is 20.0 Å². The van der Waals surface area contributed by atoms with E-state index >= 15 is 0 Å². The van der Waals surface area contributed by atoms with Gasteiger partial charge >= 0.3 is 0 Å². The Morgan fingerprint density at radius 2 is 1.58 bits per heavy atom. The Bertz CT molecular complexity index is 1020.